The lowest BCUT2D eigenvalue weighted by molar-refractivity contribution is 0.196. The fraction of sp³-hybridized carbons (Fsp3) is 0.263. The van der Waals surface area contributed by atoms with Gasteiger partial charge in [0.2, 0.25) is 0 Å². The Labute approximate surface area is 151 Å². The van der Waals surface area contributed by atoms with Gasteiger partial charge in [0.25, 0.3) is 5.56 Å². The van der Waals surface area contributed by atoms with Crippen molar-refractivity contribution in [3.63, 3.8) is 0 Å². The molecule has 1 N–H and O–H groups in total. The highest BCUT2D eigenvalue weighted by Gasteiger charge is 2.15. The van der Waals surface area contributed by atoms with Gasteiger partial charge in [-0.3, -0.25) is 9.69 Å². The van der Waals surface area contributed by atoms with Crippen molar-refractivity contribution in [1.82, 2.24) is 14.9 Å². The van der Waals surface area contributed by atoms with Gasteiger partial charge in [-0.25, -0.2) is 4.98 Å². The molecule has 0 saturated carbocycles. The van der Waals surface area contributed by atoms with E-state index in [1.807, 2.05) is 44.3 Å². The molecule has 0 aliphatic heterocycles. The Balaban J connectivity index is 1.64. The van der Waals surface area contributed by atoms with E-state index >= 15 is 0 Å². The third-order valence-electron chi connectivity index (χ3n) is 4.21. The molecule has 3 rings (SSSR count). The molecule has 0 aliphatic rings. The van der Waals surface area contributed by atoms with Crippen LogP contribution in [-0.2, 0) is 0 Å². The lowest BCUT2D eigenvalue weighted by atomic mass is 10.2. The van der Waals surface area contributed by atoms with E-state index in [2.05, 4.69) is 14.9 Å². The van der Waals surface area contributed by atoms with Crippen LogP contribution in [0.15, 0.2) is 53.3 Å². The molecule has 2 aromatic carbocycles. The molecular weight excluding hydrogens is 338 g/mol. The Bertz CT molecular complexity index is 908. The summed E-state index contributed by atoms with van der Waals surface area (Å²) in [4.78, 5) is 21.8. The van der Waals surface area contributed by atoms with E-state index in [4.69, 9.17) is 16.3 Å². The number of fused-ring (bicyclic) bond motifs is 1. The SMILES string of the molecule is C[C@H](c1nc2ccccc2c(=O)[nH]1)N(C)CCOc1ccc(Cl)cc1. The highest BCUT2D eigenvalue weighted by Crippen LogP contribution is 2.17. The number of rotatable bonds is 6. The predicted molar refractivity (Wildman–Crippen MR) is 100 cm³/mol. The maximum Gasteiger partial charge on any atom is 0.258 e. The van der Waals surface area contributed by atoms with Crippen LogP contribution in [0.25, 0.3) is 10.9 Å². The Hall–Kier alpha value is -2.37. The van der Waals surface area contributed by atoms with E-state index in [-0.39, 0.29) is 11.6 Å². The first-order valence-electron chi connectivity index (χ1n) is 8.12. The van der Waals surface area contributed by atoms with Crippen molar-refractivity contribution in [1.29, 1.82) is 0 Å². The lowest BCUT2D eigenvalue weighted by Crippen LogP contribution is -2.29. The van der Waals surface area contributed by atoms with E-state index in [9.17, 15) is 4.79 Å². The first-order chi connectivity index (χ1) is 12.0. The van der Waals surface area contributed by atoms with Crippen LogP contribution in [0.4, 0.5) is 0 Å². The van der Waals surface area contributed by atoms with Gasteiger partial charge in [-0.15, -0.1) is 0 Å². The molecule has 0 radical (unpaired) electrons. The Kier molecular flexibility index (Phi) is 5.36. The zero-order valence-corrected chi connectivity index (χ0v) is 15.0. The number of hydrogen-bond donors (Lipinski definition) is 1. The maximum atomic E-state index is 12.2. The van der Waals surface area contributed by atoms with Crippen LogP contribution in [0.1, 0.15) is 18.8 Å². The van der Waals surface area contributed by atoms with E-state index in [1.165, 1.54) is 0 Å². The predicted octanol–water partition coefficient (Wildman–Crippen LogP) is 3.65. The molecule has 0 aliphatic carbocycles. The monoisotopic (exact) mass is 357 g/mol. The molecule has 6 heteroatoms. The number of para-hydroxylation sites is 1. The second kappa shape index (κ2) is 7.68. The van der Waals surface area contributed by atoms with Gasteiger partial charge in [-0.2, -0.15) is 0 Å². The summed E-state index contributed by atoms with van der Waals surface area (Å²) in [5, 5.41) is 1.29. The molecule has 0 fully saturated rings. The van der Waals surface area contributed by atoms with Gasteiger partial charge in [-0.05, 0) is 50.4 Å². The number of aromatic nitrogens is 2. The van der Waals surface area contributed by atoms with Crippen molar-refractivity contribution >= 4 is 22.5 Å². The molecule has 1 aromatic heterocycles. The van der Waals surface area contributed by atoms with Gasteiger partial charge in [-0.1, -0.05) is 23.7 Å². The number of ether oxygens (including phenoxy) is 1. The van der Waals surface area contributed by atoms with Crippen LogP contribution >= 0.6 is 11.6 Å². The van der Waals surface area contributed by atoms with Gasteiger partial charge < -0.3 is 9.72 Å². The molecule has 0 saturated heterocycles. The normalized spacial score (nSPS) is 12.5. The van der Waals surface area contributed by atoms with Crippen LogP contribution in [0.5, 0.6) is 5.75 Å². The second-order valence-corrected chi connectivity index (χ2v) is 6.36. The fourth-order valence-electron chi connectivity index (χ4n) is 2.54. The third kappa shape index (κ3) is 4.18. The van der Waals surface area contributed by atoms with Crippen LogP contribution < -0.4 is 10.3 Å². The molecule has 0 unspecified atom stereocenters. The first-order valence-corrected chi connectivity index (χ1v) is 8.50. The van der Waals surface area contributed by atoms with Crippen molar-refractivity contribution in [2.24, 2.45) is 0 Å². The summed E-state index contributed by atoms with van der Waals surface area (Å²) in [5.41, 5.74) is 0.595. The van der Waals surface area contributed by atoms with Crippen molar-refractivity contribution in [2.75, 3.05) is 20.2 Å². The van der Waals surface area contributed by atoms with Crippen molar-refractivity contribution < 1.29 is 4.74 Å². The van der Waals surface area contributed by atoms with Crippen molar-refractivity contribution in [3.8, 4) is 5.75 Å². The van der Waals surface area contributed by atoms with E-state index in [1.54, 1.807) is 18.2 Å². The van der Waals surface area contributed by atoms with Crippen LogP contribution in [-0.4, -0.2) is 35.1 Å². The number of hydrogen-bond acceptors (Lipinski definition) is 4. The lowest BCUT2D eigenvalue weighted by Gasteiger charge is -2.24. The summed E-state index contributed by atoms with van der Waals surface area (Å²) in [6, 6.07) is 14.6. The highest BCUT2D eigenvalue weighted by atomic mass is 35.5. The molecule has 1 heterocycles. The number of halogens is 1. The van der Waals surface area contributed by atoms with Gasteiger partial charge >= 0.3 is 0 Å². The molecule has 130 valence electrons. The summed E-state index contributed by atoms with van der Waals surface area (Å²) in [6.07, 6.45) is 0. The number of aromatic amines is 1. The molecule has 5 nitrogen and oxygen atoms in total. The molecule has 3 aromatic rings. The molecule has 0 amide bonds. The molecule has 25 heavy (non-hydrogen) atoms. The standard InChI is InChI=1S/C19H20ClN3O2/c1-13(18-21-17-6-4-3-5-16(17)19(24)22-18)23(2)11-12-25-15-9-7-14(20)8-10-15/h3-10,13H,11-12H2,1-2H3,(H,21,22,24)/t13-/m1/s1. The largest absolute Gasteiger partial charge is 0.492 e. The number of H-pyrrole nitrogens is 1. The van der Waals surface area contributed by atoms with Gasteiger partial charge in [0.15, 0.2) is 0 Å². The minimum Gasteiger partial charge on any atom is -0.492 e. The zero-order valence-electron chi connectivity index (χ0n) is 14.2. The number of likely N-dealkylation sites (N-methyl/N-ethyl adjacent to an activating group) is 1. The summed E-state index contributed by atoms with van der Waals surface area (Å²) >= 11 is 5.86. The molecule has 0 bridgehead atoms. The van der Waals surface area contributed by atoms with Gasteiger partial charge in [0, 0.05) is 11.6 Å². The second-order valence-electron chi connectivity index (χ2n) is 5.93. The van der Waals surface area contributed by atoms with Crippen LogP contribution in [0.2, 0.25) is 5.02 Å². The maximum absolute atomic E-state index is 12.2. The Morgan fingerprint density at radius 1 is 1.20 bits per heavy atom. The first kappa shape index (κ1) is 17.5. The van der Waals surface area contributed by atoms with E-state index in [0.717, 1.165) is 5.75 Å². The minimum atomic E-state index is -0.113. The summed E-state index contributed by atoms with van der Waals surface area (Å²) in [6.45, 7) is 3.23. The van der Waals surface area contributed by atoms with Crippen molar-refractivity contribution in [2.45, 2.75) is 13.0 Å². The van der Waals surface area contributed by atoms with E-state index < -0.39 is 0 Å². The zero-order chi connectivity index (χ0) is 17.8. The Morgan fingerprint density at radius 3 is 2.68 bits per heavy atom. The van der Waals surface area contributed by atoms with Gasteiger partial charge in [0.05, 0.1) is 16.9 Å². The van der Waals surface area contributed by atoms with Crippen LogP contribution in [0.3, 0.4) is 0 Å². The smallest absolute Gasteiger partial charge is 0.258 e. The summed E-state index contributed by atoms with van der Waals surface area (Å²) in [7, 11) is 1.98. The molecular formula is C19H20ClN3O2. The van der Waals surface area contributed by atoms with Gasteiger partial charge in [0.1, 0.15) is 18.2 Å². The molecule has 0 spiro atoms. The average molecular weight is 358 g/mol. The van der Waals surface area contributed by atoms with E-state index in [0.29, 0.717) is 34.9 Å². The number of benzene rings is 2. The quantitative estimate of drug-likeness (QED) is 0.731. The summed E-state index contributed by atoms with van der Waals surface area (Å²) in [5.74, 6) is 1.43. The van der Waals surface area contributed by atoms with Crippen molar-refractivity contribution in [3.05, 3.63) is 69.7 Å². The third-order valence-corrected chi connectivity index (χ3v) is 4.47. The topological polar surface area (TPSA) is 58.2 Å². The number of nitrogens with one attached hydrogen (secondary N) is 1. The highest BCUT2D eigenvalue weighted by molar-refractivity contribution is 6.30. The van der Waals surface area contributed by atoms with Crippen LogP contribution in [0, 0.1) is 0 Å². The average Bonchev–Trinajstić information content (AvgIpc) is 2.62. The minimum absolute atomic E-state index is 0.0360. The Morgan fingerprint density at radius 2 is 1.92 bits per heavy atom. The fourth-order valence-corrected chi connectivity index (χ4v) is 2.67. The summed E-state index contributed by atoms with van der Waals surface area (Å²) < 4.78 is 5.72. The molecule has 1 atom stereocenters. The number of nitrogens with zero attached hydrogens (tertiary/aromatic N) is 2.